The molecular weight excluding hydrogens is 262 g/mol. The zero-order valence-corrected chi connectivity index (χ0v) is 13.4. The van der Waals surface area contributed by atoms with Gasteiger partial charge >= 0.3 is 0 Å². The number of amides is 1. The van der Waals surface area contributed by atoms with E-state index in [0.717, 1.165) is 31.6 Å². The SMILES string of the molecule is CC(C)CNCc1ccc(N(C)CC(=O)NC2CC2)cc1. The van der Waals surface area contributed by atoms with Gasteiger partial charge in [-0.05, 0) is 43.0 Å². The molecule has 1 aromatic carbocycles. The number of carbonyl (C=O) groups is 1. The summed E-state index contributed by atoms with van der Waals surface area (Å²) >= 11 is 0. The van der Waals surface area contributed by atoms with Crippen LogP contribution in [-0.2, 0) is 11.3 Å². The molecule has 2 rings (SSSR count). The molecule has 1 fully saturated rings. The van der Waals surface area contributed by atoms with Gasteiger partial charge in [0, 0.05) is 25.3 Å². The molecule has 1 amide bonds. The van der Waals surface area contributed by atoms with Crippen LogP contribution in [0.1, 0.15) is 32.3 Å². The van der Waals surface area contributed by atoms with Crippen LogP contribution in [0.3, 0.4) is 0 Å². The predicted octanol–water partition coefficient (Wildman–Crippen LogP) is 2.15. The molecule has 1 aromatic rings. The van der Waals surface area contributed by atoms with Crippen molar-refractivity contribution in [3.63, 3.8) is 0 Å². The molecule has 1 aliphatic carbocycles. The van der Waals surface area contributed by atoms with Crippen LogP contribution in [0.4, 0.5) is 5.69 Å². The van der Waals surface area contributed by atoms with Gasteiger partial charge < -0.3 is 15.5 Å². The fourth-order valence-corrected chi connectivity index (χ4v) is 2.18. The average Bonchev–Trinajstić information content (AvgIpc) is 3.22. The van der Waals surface area contributed by atoms with Gasteiger partial charge in [0.05, 0.1) is 6.54 Å². The second-order valence-electron chi connectivity index (χ2n) is 6.39. The summed E-state index contributed by atoms with van der Waals surface area (Å²) in [4.78, 5) is 13.8. The number of rotatable bonds is 8. The van der Waals surface area contributed by atoms with E-state index in [4.69, 9.17) is 0 Å². The third-order valence-electron chi connectivity index (χ3n) is 3.58. The molecule has 0 spiro atoms. The van der Waals surface area contributed by atoms with Gasteiger partial charge in [-0.1, -0.05) is 26.0 Å². The lowest BCUT2D eigenvalue weighted by atomic mass is 10.1. The van der Waals surface area contributed by atoms with Crippen LogP contribution in [0.25, 0.3) is 0 Å². The molecule has 21 heavy (non-hydrogen) atoms. The van der Waals surface area contributed by atoms with Crippen LogP contribution < -0.4 is 15.5 Å². The van der Waals surface area contributed by atoms with Crippen molar-refractivity contribution in [3.8, 4) is 0 Å². The Kier molecular flexibility index (Phi) is 5.62. The number of nitrogens with one attached hydrogen (secondary N) is 2. The maximum atomic E-state index is 11.8. The molecule has 0 unspecified atom stereocenters. The van der Waals surface area contributed by atoms with Gasteiger partial charge in [0.2, 0.25) is 5.91 Å². The third kappa shape index (κ3) is 5.76. The fraction of sp³-hybridized carbons (Fsp3) is 0.588. The normalized spacial score (nSPS) is 14.3. The molecule has 0 aromatic heterocycles. The number of hydrogen-bond donors (Lipinski definition) is 2. The van der Waals surface area contributed by atoms with E-state index in [1.165, 1.54) is 5.56 Å². The Bertz CT molecular complexity index is 452. The van der Waals surface area contributed by atoms with E-state index in [1.54, 1.807) is 0 Å². The molecule has 1 saturated carbocycles. The maximum absolute atomic E-state index is 11.8. The Morgan fingerprint density at radius 2 is 1.95 bits per heavy atom. The summed E-state index contributed by atoms with van der Waals surface area (Å²) in [5.41, 5.74) is 2.35. The van der Waals surface area contributed by atoms with Crippen LogP contribution >= 0.6 is 0 Å². The van der Waals surface area contributed by atoms with Gasteiger partial charge in [-0.25, -0.2) is 0 Å². The first-order valence-electron chi connectivity index (χ1n) is 7.84. The molecule has 116 valence electrons. The summed E-state index contributed by atoms with van der Waals surface area (Å²) in [7, 11) is 1.96. The highest BCUT2D eigenvalue weighted by Crippen LogP contribution is 2.19. The molecule has 0 heterocycles. The van der Waals surface area contributed by atoms with E-state index < -0.39 is 0 Å². The summed E-state index contributed by atoms with van der Waals surface area (Å²) in [6.45, 7) is 6.75. The van der Waals surface area contributed by atoms with Gasteiger partial charge in [0.1, 0.15) is 0 Å². The zero-order valence-electron chi connectivity index (χ0n) is 13.4. The average molecular weight is 289 g/mol. The van der Waals surface area contributed by atoms with Crippen LogP contribution in [0.2, 0.25) is 0 Å². The molecule has 0 aliphatic heterocycles. The number of likely N-dealkylation sites (N-methyl/N-ethyl adjacent to an activating group) is 1. The summed E-state index contributed by atoms with van der Waals surface area (Å²) in [6.07, 6.45) is 2.26. The highest BCUT2D eigenvalue weighted by molar-refractivity contribution is 5.81. The monoisotopic (exact) mass is 289 g/mol. The first-order chi connectivity index (χ1) is 10.0. The quantitative estimate of drug-likeness (QED) is 0.771. The Labute approximate surface area is 127 Å². The Morgan fingerprint density at radius 3 is 2.52 bits per heavy atom. The number of benzene rings is 1. The van der Waals surface area contributed by atoms with Gasteiger partial charge in [0.25, 0.3) is 0 Å². The molecule has 0 atom stereocenters. The van der Waals surface area contributed by atoms with Crippen molar-refractivity contribution < 1.29 is 4.79 Å². The summed E-state index contributed by atoms with van der Waals surface area (Å²) in [6, 6.07) is 8.84. The minimum absolute atomic E-state index is 0.114. The number of nitrogens with zero attached hydrogens (tertiary/aromatic N) is 1. The van der Waals surface area contributed by atoms with Crippen LogP contribution in [0.5, 0.6) is 0 Å². The fourth-order valence-electron chi connectivity index (χ4n) is 2.18. The summed E-state index contributed by atoms with van der Waals surface area (Å²) in [5, 5.41) is 6.45. The topological polar surface area (TPSA) is 44.4 Å². The smallest absolute Gasteiger partial charge is 0.239 e. The van der Waals surface area contributed by atoms with Crippen LogP contribution in [0, 0.1) is 5.92 Å². The zero-order chi connectivity index (χ0) is 15.2. The first kappa shape index (κ1) is 15.8. The number of carbonyl (C=O) groups excluding carboxylic acids is 1. The van der Waals surface area contributed by atoms with E-state index in [0.29, 0.717) is 18.5 Å². The van der Waals surface area contributed by atoms with Crippen molar-refractivity contribution in [1.82, 2.24) is 10.6 Å². The van der Waals surface area contributed by atoms with Crippen molar-refractivity contribution in [1.29, 1.82) is 0 Å². The summed E-state index contributed by atoms with van der Waals surface area (Å²) in [5.74, 6) is 0.781. The van der Waals surface area contributed by atoms with Gasteiger partial charge in [-0.2, -0.15) is 0 Å². The lowest BCUT2D eigenvalue weighted by molar-refractivity contribution is -0.119. The Morgan fingerprint density at radius 1 is 1.29 bits per heavy atom. The Hall–Kier alpha value is -1.55. The lowest BCUT2D eigenvalue weighted by Gasteiger charge is -2.19. The van der Waals surface area contributed by atoms with Gasteiger partial charge in [-0.3, -0.25) is 4.79 Å². The van der Waals surface area contributed by atoms with Crippen molar-refractivity contribution in [2.45, 2.75) is 39.3 Å². The number of anilines is 1. The standard InChI is InChI=1S/C17H27N3O/c1-13(2)10-18-11-14-4-8-16(9-5-14)20(3)12-17(21)19-15-6-7-15/h4-5,8-9,13,15,18H,6-7,10-12H2,1-3H3,(H,19,21). The van der Waals surface area contributed by atoms with Crippen LogP contribution in [-0.4, -0.2) is 32.1 Å². The summed E-state index contributed by atoms with van der Waals surface area (Å²) < 4.78 is 0. The van der Waals surface area contributed by atoms with E-state index >= 15 is 0 Å². The third-order valence-corrected chi connectivity index (χ3v) is 3.58. The van der Waals surface area contributed by atoms with Crippen LogP contribution in [0.15, 0.2) is 24.3 Å². The minimum atomic E-state index is 0.114. The highest BCUT2D eigenvalue weighted by atomic mass is 16.2. The van der Waals surface area contributed by atoms with Crippen molar-refractivity contribution in [3.05, 3.63) is 29.8 Å². The van der Waals surface area contributed by atoms with E-state index in [9.17, 15) is 4.79 Å². The highest BCUT2D eigenvalue weighted by Gasteiger charge is 2.23. The molecule has 1 aliphatic rings. The van der Waals surface area contributed by atoms with E-state index in [1.807, 2.05) is 11.9 Å². The predicted molar refractivity (Wildman–Crippen MR) is 87.4 cm³/mol. The minimum Gasteiger partial charge on any atom is -0.365 e. The second kappa shape index (κ2) is 7.46. The van der Waals surface area contributed by atoms with E-state index in [-0.39, 0.29) is 5.91 Å². The molecule has 0 saturated heterocycles. The van der Waals surface area contributed by atoms with Gasteiger partial charge in [0.15, 0.2) is 0 Å². The molecule has 0 bridgehead atoms. The van der Waals surface area contributed by atoms with Gasteiger partial charge in [-0.15, -0.1) is 0 Å². The Balaban J connectivity index is 1.78. The molecular formula is C17H27N3O. The molecule has 0 radical (unpaired) electrons. The largest absolute Gasteiger partial charge is 0.365 e. The second-order valence-corrected chi connectivity index (χ2v) is 6.39. The lowest BCUT2D eigenvalue weighted by Crippen LogP contribution is -2.36. The van der Waals surface area contributed by atoms with Crippen molar-refractivity contribution in [2.75, 3.05) is 25.0 Å². The van der Waals surface area contributed by atoms with Crippen molar-refractivity contribution in [2.24, 2.45) is 5.92 Å². The molecule has 4 nitrogen and oxygen atoms in total. The maximum Gasteiger partial charge on any atom is 0.239 e. The first-order valence-corrected chi connectivity index (χ1v) is 7.84. The molecule has 2 N–H and O–H groups in total. The van der Waals surface area contributed by atoms with Crippen molar-refractivity contribution >= 4 is 11.6 Å². The molecule has 4 heteroatoms. The van der Waals surface area contributed by atoms with E-state index in [2.05, 4.69) is 48.7 Å². The number of hydrogen-bond acceptors (Lipinski definition) is 3.